The Morgan fingerprint density at radius 3 is 3.00 bits per heavy atom. The highest BCUT2D eigenvalue weighted by molar-refractivity contribution is 5.93. The van der Waals surface area contributed by atoms with E-state index in [0.717, 1.165) is 0 Å². The number of ketones is 1. The second-order valence-corrected chi connectivity index (χ2v) is 2.61. The minimum absolute atomic E-state index is 0.110. The average molecular weight is 156 g/mol. The van der Waals surface area contributed by atoms with E-state index in [1.165, 1.54) is 6.08 Å². The van der Waals surface area contributed by atoms with E-state index in [1.807, 2.05) is 0 Å². The summed E-state index contributed by atoms with van der Waals surface area (Å²) in [6, 6.07) is 0. The molecule has 0 spiro atoms. The summed E-state index contributed by atoms with van der Waals surface area (Å²) in [5.74, 6) is -0.233. The predicted octanol–water partition coefficient (Wildman–Crippen LogP) is 0.281. The van der Waals surface area contributed by atoms with Crippen LogP contribution in [0.25, 0.3) is 0 Å². The highest BCUT2D eigenvalue weighted by atomic mass is 16.6. The molecule has 3 heteroatoms. The van der Waals surface area contributed by atoms with Gasteiger partial charge in [0.1, 0.15) is 6.10 Å². The lowest BCUT2D eigenvalue weighted by Crippen LogP contribution is -2.19. The molecule has 1 N–H and O–H groups in total. The van der Waals surface area contributed by atoms with E-state index in [0.29, 0.717) is 13.0 Å². The van der Waals surface area contributed by atoms with Crippen LogP contribution >= 0.6 is 0 Å². The first-order valence-electron chi connectivity index (χ1n) is 3.70. The predicted molar refractivity (Wildman–Crippen MR) is 40.2 cm³/mol. The first-order chi connectivity index (χ1) is 5.24. The van der Waals surface area contributed by atoms with Crippen molar-refractivity contribution in [3.8, 4) is 0 Å². The maximum Gasteiger partial charge on any atom is 0.183 e. The van der Waals surface area contributed by atoms with Crippen molar-refractivity contribution in [2.75, 3.05) is 6.61 Å². The number of hydrogen-bond donors (Lipinski definition) is 1. The molecule has 0 aromatic carbocycles. The summed E-state index contributed by atoms with van der Waals surface area (Å²) in [6.45, 7) is 2.43. The Morgan fingerprint density at radius 1 is 1.91 bits per heavy atom. The van der Waals surface area contributed by atoms with Gasteiger partial charge >= 0.3 is 0 Å². The lowest BCUT2D eigenvalue weighted by atomic mass is 10.1. The van der Waals surface area contributed by atoms with Crippen LogP contribution in [0.1, 0.15) is 13.3 Å². The van der Waals surface area contributed by atoms with Gasteiger partial charge in [0.15, 0.2) is 5.78 Å². The highest BCUT2D eigenvalue weighted by Gasteiger charge is 2.27. The Hall–Kier alpha value is -0.670. The molecule has 2 atom stereocenters. The zero-order valence-electron chi connectivity index (χ0n) is 6.49. The maximum absolute atomic E-state index is 10.9. The summed E-state index contributed by atoms with van der Waals surface area (Å²) in [4.78, 5) is 10.9. The fraction of sp³-hybridized carbons (Fsp3) is 0.625. The molecule has 3 nitrogen and oxygen atoms in total. The van der Waals surface area contributed by atoms with E-state index in [2.05, 4.69) is 0 Å². The van der Waals surface area contributed by atoms with Crippen molar-refractivity contribution >= 4 is 5.78 Å². The summed E-state index contributed by atoms with van der Waals surface area (Å²) >= 11 is 0. The molecule has 0 aliphatic carbocycles. The van der Waals surface area contributed by atoms with Crippen LogP contribution in [-0.4, -0.2) is 29.7 Å². The van der Waals surface area contributed by atoms with Crippen LogP contribution in [0.4, 0.5) is 0 Å². The SMILES string of the molecule is CC=CC(=O)C(O)CC1CO1. The molecule has 0 aromatic heterocycles. The molecule has 0 amide bonds. The summed E-state index contributed by atoms with van der Waals surface area (Å²) in [5.41, 5.74) is 0. The Morgan fingerprint density at radius 2 is 2.55 bits per heavy atom. The van der Waals surface area contributed by atoms with Gasteiger partial charge in [0, 0.05) is 6.42 Å². The van der Waals surface area contributed by atoms with Crippen LogP contribution < -0.4 is 0 Å². The lowest BCUT2D eigenvalue weighted by molar-refractivity contribution is -0.122. The zero-order valence-corrected chi connectivity index (χ0v) is 6.49. The molecule has 1 heterocycles. The van der Waals surface area contributed by atoms with Crippen LogP contribution in [0, 0.1) is 0 Å². The summed E-state index contributed by atoms with van der Waals surface area (Å²) in [7, 11) is 0. The minimum atomic E-state index is -0.876. The maximum atomic E-state index is 10.9. The van der Waals surface area contributed by atoms with Crippen LogP contribution in [0.15, 0.2) is 12.2 Å². The molecular formula is C8H12O3. The van der Waals surface area contributed by atoms with Crippen molar-refractivity contribution in [1.82, 2.24) is 0 Å². The molecule has 1 saturated heterocycles. The van der Waals surface area contributed by atoms with Crippen LogP contribution in [0.3, 0.4) is 0 Å². The number of rotatable bonds is 4. The molecule has 2 unspecified atom stereocenters. The summed E-state index contributed by atoms with van der Waals surface area (Å²) in [6.07, 6.45) is 2.67. The molecule has 1 aliphatic rings. The van der Waals surface area contributed by atoms with Gasteiger partial charge in [-0.3, -0.25) is 4.79 Å². The van der Waals surface area contributed by atoms with Crippen molar-refractivity contribution < 1.29 is 14.6 Å². The van der Waals surface area contributed by atoms with Crippen molar-refractivity contribution in [2.24, 2.45) is 0 Å². The van der Waals surface area contributed by atoms with Gasteiger partial charge in [0.05, 0.1) is 12.7 Å². The van der Waals surface area contributed by atoms with Gasteiger partial charge in [-0.05, 0) is 13.0 Å². The van der Waals surface area contributed by atoms with Gasteiger partial charge in [0.25, 0.3) is 0 Å². The number of allylic oxidation sites excluding steroid dienone is 1. The fourth-order valence-corrected chi connectivity index (χ4v) is 0.845. The van der Waals surface area contributed by atoms with E-state index < -0.39 is 6.10 Å². The molecule has 1 aliphatic heterocycles. The minimum Gasteiger partial charge on any atom is -0.385 e. The molecule has 11 heavy (non-hydrogen) atoms. The second-order valence-electron chi connectivity index (χ2n) is 2.61. The van der Waals surface area contributed by atoms with E-state index in [4.69, 9.17) is 4.74 Å². The standard InChI is InChI=1S/C8H12O3/c1-2-3-7(9)8(10)4-6-5-11-6/h2-3,6,8,10H,4-5H2,1H3. The van der Waals surface area contributed by atoms with E-state index in [1.54, 1.807) is 13.0 Å². The Labute approximate surface area is 65.7 Å². The molecule has 0 radical (unpaired) electrons. The molecule has 0 aromatic rings. The Bertz CT molecular complexity index is 170. The Balaban J connectivity index is 2.26. The van der Waals surface area contributed by atoms with Gasteiger partial charge < -0.3 is 9.84 Å². The molecule has 0 saturated carbocycles. The largest absolute Gasteiger partial charge is 0.385 e. The summed E-state index contributed by atoms with van der Waals surface area (Å²) in [5, 5.41) is 9.18. The molecule has 1 rings (SSSR count). The summed E-state index contributed by atoms with van der Waals surface area (Å²) < 4.78 is 4.87. The number of aliphatic hydroxyl groups is 1. The van der Waals surface area contributed by atoms with Crippen molar-refractivity contribution in [1.29, 1.82) is 0 Å². The molecular weight excluding hydrogens is 144 g/mol. The molecule has 0 bridgehead atoms. The number of hydrogen-bond acceptors (Lipinski definition) is 3. The number of aliphatic hydroxyl groups excluding tert-OH is 1. The van der Waals surface area contributed by atoms with Gasteiger partial charge in [0.2, 0.25) is 0 Å². The lowest BCUT2D eigenvalue weighted by Gasteiger charge is -2.02. The van der Waals surface area contributed by atoms with Crippen molar-refractivity contribution in [3.05, 3.63) is 12.2 Å². The Kier molecular flexibility index (Phi) is 2.79. The van der Waals surface area contributed by atoms with Crippen molar-refractivity contribution in [2.45, 2.75) is 25.6 Å². The van der Waals surface area contributed by atoms with Crippen LogP contribution in [0.5, 0.6) is 0 Å². The topological polar surface area (TPSA) is 49.8 Å². The quantitative estimate of drug-likeness (QED) is 0.470. The van der Waals surface area contributed by atoms with E-state index in [9.17, 15) is 9.90 Å². The van der Waals surface area contributed by atoms with Crippen LogP contribution in [-0.2, 0) is 9.53 Å². The third kappa shape index (κ3) is 2.82. The van der Waals surface area contributed by atoms with Gasteiger partial charge in [-0.1, -0.05) is 6.08 Å². The average Bonchev–Trinajstić information content (AvgIpc) is 2.72. The zero-order chi connectivity index (χ0) is 8.27. The number of carbonyl (C=O) groups is 1. The van der Waals surface area contributed by atoms with Gasteiger partial charge in [-0.2, -0.15) is 0 Å². The number of carbonyl (C=O) groups excluding carboxylic acids is 1. The smallest absolute Gasteiger partial charge is 0.183 e. The van der Waals surface area contributed by atoms with Gasteiger partial charge in [-0.15, -0.1) is 0 Å². The number of ether oxygens (including phenoxy) is 1. The van der Waals surface area contributed by atoms with E-state index in [-0.39, 0.29) is 11.9 Å². The third-order valence-electron chi connectivity index (χ3n) is 1.55. The molecule has 62 valence electrons. The first kappa shape index (κ1) is 8.43. The second kappa shape index (κ2) is 3.64. The monoisotopic (exact) mass is 156 g/mol. The van der Waals surface area contributed by atoms with E-state index >= 15 is 0 Å². The fourth-order valence-electron chi connectivity index (χ4n) is 0.845. The first-order valence-corrected chi connectivity index (χ1v) is 3.70. The van der Waals surface area contributed by atoms with Crippen LogP contribution in [0.2, 0.25) is 0 Å². The third-order valence-corrected chi connectivity index (χ3v) is 1.55. The normalized spacial score (nSPS) is 25.5. The molecule has 1 fully saturated rings. The number of epoxide rings is 1. The highest BCUT2D eigenvalue weighted by Crippen LogP contribution is 2.15. The van der Waals surface area contributed by atoms with Gasteiger partial charge in [-0.25, -0.2) is 0 Å². The van der Waals surface area contributed by atoms with Crippen molar-refractivity contribution in [3.63, 3.8) is 0 Å².